The lowest BCUT2D eigenvalue weighted by Gasteiger charge is -2.29. The zero-order valence-corrected chi connectivity index (χ0v) is 21.3. The lowest BCUT2D eigenvalue weighted by Crippen LogP contribution is -2.40. The van der Waals surface area contributed by atoms with Gasteiger partial charge in [-0.3, -0.25) is 4.79 Å². The summed E-state index contributed by atoms with van der Waals surface area (Å²) in [6.07, 6.45) is 2.04. The topological polar surface area (TPSA) is 108 Å². The third-order valence-electron chi connectivity index (χ3n) is 5.71. The number of esters is 1. The van der Waals surface area contributed by atoms with E-state index in [1.807, 2.05) is 24.3 Å². The van der Waals surface area contributed by atoms with E-state index in [9.17, 15) is 13.2 Å². The summed E-state index contributed by atoms with van der Waals surface area (Å²) in [6, 6.07) is 9.55. The molecule has 0 atom stereocenters. The normalized spacial score (nSPS) is 14.4. The Morgan fingerprint density at radius 3 is 2.43 bits per heavy atom. The molecule has 3 aromatic rings. The third-order valence-corrected chi connectivity index (χ3v) is 7.41. The van der Waals surface area contributed by atoms with Gasteiger partial charge >= 0.3 is 5.97 Å². The fourth-order valence-corrected chi connectivity index (χ4v) is 5.38. The highest BCUT2D eigenvalue weighted by Crippen LogP contribution is 2.36. The van der Waals surface area contributed by atoms with E-state index in [-0.39, 0.29) is 6.54 Å². The molecule has 0 aliphatic carbocycles. The van der Waals surface area contributed by atoms with Crippen molar-refractivity contribution in [1.29, 1.82) is 0 Å². The van der Waals surface area contributed by atoms with Crippen LogP contribution in [0.4, 0.5) is 0 Å². The second-order valence-electron chi connectivity index (χ2n) is 9.36. The van der Waals surface area contributed by atoms with Crippen LogP contribution in [0.1, 0.15) is 31.9 Å². The molecular formula is C25H29N3O6S. The van der Waals surface area contributed by atoms with Crippen LogP contribution in [0, 0.1) is 0 Å². The number of carbonyl (C=O) groups excluding carboxylic acids is 1. The molecule has 0 bridgehead atoms. The van der Waals surface area contributed by atoms with E-state index in [0.717, 1.165) is 22.1 Å². The van der Waals surface area contributed by atoms with E-state index in [1.54, 1.807) is 41.1 Å². The molecule has 186 valence electrons. The summed E-state index contributed by atoms with van der Waals surface area (Å²) < 4.78 is 43.2. The summed E-state index contributed by atoms with van der Waals surface area (Å²) in [7, 11) is -0.689. The lowest BCUT2D eigenvalue weighted by molar-refractivity contribution is -0.151. The Kier molecular flexibility index (Phi) is 6.70. The zero-order valence-electron chi connectivity index (χ0n) is 20.5. The van der Waals surface area contributed by atoms with Gasteiger partial charge in [0.15, 0.2) is 17.3 Å². The summed E-state index contributed by atoms with van der Waals surface area (Å²) in [6.45, 7) is 5.61. The number of carbonyl (C=O) groups is 1. The Balaban J connectivity index is 1.65. The van der Waals surface area contributed by atoms with Gasteiger partial charge in [-0.1, -0.05) is 12.1 Å². The number of aromatic nitrogens is 2. The molecule has 0 N–H and O–H groups in total. The van der Waals surface area contributed by atoms with Gasteiger partial charge in [0.1, 0.15) is 11.9 Å². The van der Waals surface area contributed by atoms with Gasteiger partial charge in [-0.25, -0.2) is 18.4 Å². The number of hydrogen-bond acceptors (Lipinski definition) is 8. The molecule has 1 aliphatic heterocycles. The van der Waals surface area contributed by atoms with Gasteiger partial charge in [0.25, 0.3) is 0 Å². The largest absolute Gasteiger partial charge is 0.493 e. The molecule has 9 nitrogen and oxygen atoms in total. The van der Waals surface area contributed by atoms with Gasteiger partial charge in [-0.2, -0.15) is 4.31 Å². The number of ether oxygens (including phenoxy) is 3. The van der Waals surface area contributed by atoms with Crippen molar-refractivity contribution < 1.29 is 27.4 Å². The first-order valence-corrected chi connectivity index (χ1v) is 12.8. The van der Waals surface area contributed by atoms with Crippen LogP contribution in [-0.2, 0) is 32.5 Å². The monoisotopic (exact) mass is 499 g/mol. The van der Waals surface area contributed by atoms with Crippen molar-refractivity contribution in [2.24, 2.45) is 0 Å². The molecular weight excluding hydrogens is 470 g/mol. The van der Waals surface area contributed by atoms with E-state index < -0.39 is 27.3 Å². The van der Waals surface area contributed by atoms with Crippen molar-refractivity contribution in [1.82, 2.24) is 14.3 Å². The maximum Gasteiger partial charge on any atom is 0.323 e. The van der Waals surface area contributed by atoms with Crippen LogP contribution in [0.5, 0.6) is 11.5 Å². The smallest absolute Gasteiger partial charge is 0.323 e. The Bertz CT molecular complexity index is 1380. The van der Waals surface area contributed by atoms with E-state index >= 15 is 0 Å². The number of hydrogen-bond donors (Lipinski definition) is 0. The summed E-state index contributed by atoms with van der Waals surface area (Å²) in [5, 5.41) is 0.787. The van der Waals surface area contributed by atoms with E-state index in [2.05, 4.69) is 9.97 Å². The molecule has 35 heavy (non-hydrogen) atoms. The second kappa shape index (κ2) is 9.43. The maximum atomic E-state index is 12.9. The highest BCUT2D eigenvalue weighted by Gasteiger charge is 2.31. The molecule has 0 fully saturated rings. The molecule has 0 unspecified atom stereocenters. The van der Waals surface area contributed by atoms with Crippen LogP contribution in [0.2, 0.25) is 0 Å². The molecule has 4 rings (SSSR count). The van der Waals surface area contributed by atoms with Crippen molar-refractivity contribution in [3.8, 4) is 22.8 Å². The highest BCUT2D eigenvalue weighted by molar-refractivity contribution is 7.89. The number of fused-ring (bicyclic) bond motifs is 2. The summed E-state index contributed by atoms with van der Waals surface area (Å²) in [5.41, 5.74) is 3.42. The predicted molar refractivity (Wildman–Crippen MR) is 132 cm³/mol. The average molecular weight is 500 g/mol. The Morgan fingerprint density at radius 2 is 1.74 bits per heavy atom. The predicted octanol–water partition coefficient (Wildman–Crippen LogP) is 3.34. The first-order valence-electron chi connectivity index (χ1n) is 11.2. The number of benzene rings is 2. The summed E-state index contributed by atoms with van der Waals surface area (Å²) >= 11 is 0. The van der Waals surface area contributed by atoms with E-state index in [1.165, 1.54) is 10.6 Å². The van der Waals surface area contributed by atoms with Crippen LogP contribution < -0.4 is 9.47 Å². The number of rotatable bonds is 6. The quantitative estimate of drug-likeness (QED) is 0.475. The molecule has 2 heterocycles. The van der Waals surface area contributed by atoms with Crippen molar-refractivity contribution >= 4 is 26.9 Å². The molecule has 0 spiro atoms. The third kappa shape index (κ3) is 5.38. The van der Waals surface area contributed by atoms with Crippen molar-refractivity contribution in [3.05, 3.63) is 47.8 Å². The van der Waals surface area contributed by atoms with Crippen LogP contribution in [0.15, 0.2) is 36.7 Å². The summed E-state index contributed by atoms with van der Waals surface area (Å²) in [4.78, 5) is 21.0. The van der Waals surface area contributed by atoms with Gasteiger partial charge in [0, 0.05) is 30.1 Å². The van der Waals surface area contributed by atoms with Gasteiger partial charge in [0.05, 0.1) is 25.4 Å². The lowest BCUT2D eigenvalue weighted by atomic mass is 9.96. The first-order chi connectivity index (χ1) is 16.5. The number of methoxy groups -OCH3 is 2. The minimum Gasteiger partial charge on any atom is -0.493 e. The fraction of sp³-hybridized carbons (Fsp3) is 0.400. The molecule has 0 saturated carbocycles. The first kappa shape index (κ1) is 24.9. The van der Waals surface area contributed by atoms with Crippen LogP contribution in [0.3, 0.4) is 0 Å². The number of sulfonamides is 1. The fourth-order valence-electron chi connectivity index (χ4n) is 4.14. The van der Waals surface area contributed by atoms with Gasteiger partial charge in [0.2, 0.25) is 10.0 Å². The van der Waals surface area contributed by atoms with Gasteiger partial charge in [-0.15, -0.1) is 0 Å². The Labute approximate surface area is 205 Å². The average Bonchev–Trinajstić information content (AvgIpc) is 2.80. The molecule has 1 aliphatic rings. The molecule has 2 aromatic carbocycles. The Morgan fingerprint density at radius 1 is 1.03 bits per heavy atom. The molecule has 0 radical (unpaired) electrons. The van der Waals surface area contributed by atoms with Crippen LogP contribution in [-0.4, -0.2) is 60.8 Å². The van der Waals surface area contributed by atoms with Crippen LogP contribution >= 0.6 is 0 Å². The van der Waals surface area contributed by atoms with E-state index in [4.69, 9.17) is 14.2 Å². The highest BCUT2D eigenvalue weighted by atomic mass is 32.2. The second-order valence-corrected chi connectivity index (χ2v) is 11.3. The molecule has 0 amide bonds. The zero-order chi connectivity index (χ0) is 25.4. The van der Waals surface area contributed by atoms with Gasteiger partial charge < -0.3 is 14.2 Å². The SMILES string of the molecule is COc1cc2ncnc(-c3ccc4c(c3)CN(S(=O)(=O)CC(=O)OC(C)(C)C)CC4)c2cc1OC. The number of nitrogens with zero attached hydrogens (tertiary/aromatic N) is 3. The van der Waals surface area contributed by atoms with Crippen molar-refractivity contribution in [2.45, 2.75) is 39.3 Å². The van der Waals surface area contributed by atoms with Crippen LogP contribution in [0.25, 0.3) is 22.2 Å². The van der Waals surface area contributed by atoms with Crippen molar-refractivity contribution in [2.75, 3.05) is 26.5 Å². The molecule has 1 aromatic heterocycles. The Hall–Kier alpha value is -3.24. The molecule has 10 heteroatoms. The molecule has 0 saturated heterocycles. The van der Waals surface area contributed by atoms with Gasteiger partial charge in [-0.05, 0) is 50.5 Å². The minimum absolute atomic E-state index is 0.175. The summed E-state index contributed by atoms with van der Waals surface area (Å²) in [5.74, 6) is -0.305. The maximum absolute atomic E-state index is 12.9. The standard InChI is InChI=1S/C25H29N3O6S/c1-25(2,3)34-23(29)14-35(30,31)28-9-8-16-6-7-17(10-18(16)13-28)24-19-11-21(32-4)22(33-5)12-20(19)26-15-27-24/h6-7,10-12,15H,8-9,13-14H2,1-5H3. The van der Waals surface area contributed by atoms with Crippen molar-refractivity contribution in [3.63, 3.8) is 0 Å². The van der Waals surface area contributed by atoms with E-state index in [0.29, 0.717) is 35.7 Å². The minimum atomic E-state index is -3.82.